The number of likely N-dealkylation sites (tertiary alicyclic amines) is 1. The van der Waals surface area contributed by atoms with Gasteiger partial charge in [-0.3, -0.25) is 9.59 Å². The highest BCUT2D eigenvalue weighted by Gasteiger charge is 2.46. The smallest absolute Gasteiger partial charge is 0.295 e. The van der Waals surface area contributed by atoms with Crippen LogP contribution in [-0.2, 0) is 16.1 Å². The minimum atomic E-state index is -0.820. The largest absolute Gasteiger partial charge is 0.507 e. The minimum Gasteiger partial charge on any atom is -0.507 e. The maximum Gasteiger partial charge on any atom is 0.295 e. The zero-order chi connectivity index (χ0) is 24.9. The first-order valence-corrected chi connectivity index (χ1v) is 11.6. The highest BCUT2D eigenvalue weighted by atomic mass is 35.5. The van der Waals surface area contributed by atoms with E-state index in [1.807, 2.05) is 17.7 Å². The number of benzene rings is 2. The number of carbonyl (C=O) groups is 2. The van der Waals surface area contributed by atoms with Crippen LogP contribution in [0.2, 0.25) is 5.02 Å². The van der Waals surface area contributed by atoms with Crippen LogP contribution in [0.1, 0.15) is 30.5 Å². The lowest BCUT2D eigenvalue weighted by Gasteiger charge is -2.26. The number of aliphatic hydroxyl groups is 1. The molecule has 1 aliphatic heterocycles. The Kier molecular flexibility index (Phi) is 7.41. The Labute approximate surface area is 208 Å². The molecule has 4 rings (SSSR count). The molecule has 2 aromatic carbocycles. The van der Waals surface area contributed by atoms with Crippen molar-refractivity contribution in [3.05, 3.63) is 82.9 Å². The van der Waals surface area contributed by atoms with Gasteiger partial charge in [-0.15, -0.1) is 0 Å². The van der Waals surface area contributed by atoms with Crippen molar-refractivity contribution in [3.8, 4) is 11.5 Å². The molecule has 1 atom stereocenters. The van der Waals surface area contributed by atoms with Crippen molar-refractivity contribution in [2.24, 2.45) is 0 Å². The van der Waals surface area contributed by atoms with Crippen LogP contribution in [0.3, 0.4) is 0 Å². The van der Waals surface area contributed by atoms with Crippen molar-refractivity contribution in [1.82, 2.24) is 14.5 Å². The monoisotopic (exact) mass is 495 g/mol. The third-order valence-electron chi connectivity index (χ3n) is 5.85. The molecule has 1 amide bonds. The van der Waals surface area contributed by atoms with Crippen LogP contribution in [0.5, 0.6) is 11.5 Å². The fourth-order valence-electron chi connectivity index (χ4n) is 4.25. The Morgan fingerprint density at radius 3 is 2.63 bits per heavy atom. The maximum atomic E-state index is 13.2. The van der Waals surface area contributed by atoms with Crippen LogP contribution in [0.15, 0.2) is 66.8 Å². The van der Waals surface area contributed by atoms with Crippen molar-refractivity contribution in [2.45, 2.75) is 25.9 Å². The first kappa shape index (κ1) is 24.3. The number of amides is 1. The number of imidazole rings is 1. The van der Waals surface area contributed by atoms with Crippen molar-refractivity contribution in [3.63, 3.8) is 0 Å². The quantitative estimate of drug-likeness (QED) is 0.268. The molecule has 1 fully saturated rings. The average molecular weight is 496 g/mol. The molecule has 182 valence electrons. The van der Waals surface area contributed by atoms with Crippen molar-refractivity contribution in [2.75, 3.05) is 20.3 Å². The number of aromatic nitrogens is 2. The zero-order valence-corrected chi connectivity index (χ0v) is 20.2. The summed E-state index contributed by atoms with van der Waals surface area (Å²) < 4.78 is 12.9. The lowest BCUT2D eigenvalue weighted by atomic mass is 9.94. The van der Waals surface area contributed by atoms with Crippen LogP contribution in [-0.4, -0.2) is 51.5 Å². The van der Waals surface area contributed by atoms with Crippen molar-refractivity contribution < 1.29 is 24.2 Å². The van der Waals surface area contributed by atoms with E-state index in [9.17, 15) is 14.7 Å². The number of aryl methyl sites for hydroxylation is 1. The molecule has 1 aromatic heterocycles. The summed E-state index contributed by atoms with van der Waals surface area (Å²) in [6, 6.07) is 11.1. The van der Waals surface area contributed by atoms with Crippen LogP contribution in [0.25, 0.3) is 5.76 Å². The fourth-order valence-corrected chi connectivity index (χ4v) is 4.48. The number of para-hydroxylation sites is 1. The number of halogens is 1. The fraction of sp³-hybridized carbons (Fsp3) is 0.269. The Hall–Kier alpha value is -3.78. The van der Waals surface area contributed by atoms with E-state index in [0.717, 1.165) is 0 Å². The third-order valence-corrected chi connectivity index (χ3v) is 6.15. The van der Waals surface area contributed by atoms with Gasteiger partial charge in [0.1, 0.15) is 17.3 Å². The van der Waals surface area contributed by atoms with E-state index in [0.29, 0.717) is 53.8 Å². The van der Waals surface area contributed by atoms with Crippen LogP contribution >= 0.6 is 11.6 Å². The van der Waals surface area contributed by atoms with Crippen LogP contribution in [0.4, 0.5) is 0 Å². The summed E-state index contributed by atoms with van der Waals surface area (Å²) in [5.74, 6) is -0.765. The molecule has 1 aliphatic rings. The average Bonchev–Trinajstić information content (AvgIpc) is 3.47. The molecule has 0 radical (unpaired) electrons. The second kappa shape index (κ2) is 10.7. The van der Waals surface area contributed by atoms with E-state index in [1.165, 1.54) is 18.1 Å². The van der Waals surface area contributed by atoms with Gasteiger partial charge in [0, 0.05) is 36.6 Å². The van der Waals surface area contributed by atoms with Gasteiger partial charge in [-0.1, -0.05) is 29.8 Å². The molecule has 0 saturated carbocycles. The zero-order valence-electron chi connectivity index (χ0n) is 19.5. The van der Waals surface area contributed by atoms with Crippen molar-refractivity contribution >= 4 is 29.1 Å². The predicted octanol–water partition coefficient (Wildman–Crippen LogP) is 4.46. The van der Waals surface area contributed by atoms with Crippen LogP contribution in [0, 0.1) is 0 Å². The highest BCUT2D eigenvalue weighted by molar-refractivity contribution is 6.46. The van der Waals surface area contributed by atoms with E-state index in [-0.39, 0.29) is 11.3 Å². The molecule has 8 nitrogen and oxygen atoms in total. The Bertz CT molecular complexity index is 1260. The summed E-state index contributed by atoms with van der Waals surface area (Å²) in [6.07, 6.45) is 5.80. The first-order chi connectivity index (χ1) is 17.0. The van der Waals surface area contributed by atoms with Gasteiger partial charge in [-0.2, -0.15) is 0 Å². The molecule has 1 unspecified atom stereocenters. The van der Waals surface area contributed by atoms with E-state index in [2.05, 4.69) is 4.98 Å². The van der Waals surface area contributed by atoms with Crippen molar-refractivity contribution in [1.29, 1.82) is 0 Å². The van der Waals surface area contributed by atoms with Gasteiger partial charge >= 0.3 is 0 Å². The number of methoxy groups -OCH3 is 1. The number of ether oxygens (including phenoxy) is 2. The normalized spacial score (nSPS) is 17.1. The molecule has 0 spiro atoms. The topological polar surface area (TPSA) is 93.9 Å². The number of ketones is 1. The van der Waals surface area contributed by atoms with Gasteiger partial charge in [-0.25, -0.2) is 4.98 Å². The van der Waals surface area contributed by atoms with Gasteiger partial charge in [0.05, 0.1) is 36.7 Å². The number of nitrogens with zero attached hydrogens (tertiary/aromatic N) is 3. The van der Waals surface area contributed by atoms with E-state index >= 15 is 0 Å². The second-order valence-electron chi connectivity index (χ2n) is 7.97. The maximum absolute atomic E-state index is 13.2. The molecular weight excluding hydrogens is 470 g/mol. The Morgan fingerprint density at radius 1 is 1.14 bits per heavy atom. The van der Waals surface area contributed by atoms with E-state index in [4.69, 9.17) is 21.1 Å². The number of carbonyl (C=O) groups excluding carboxylic acids is 2. The second-order valence-corrected chi connectivity index (χ2v) is 8.37. The lowest BCUT2D eigenvalue weighted by molar-refractivity contribution is -0.140. The van der Waals surface area contributed by atoms with Gasteiger partial charge in [-0.05, 0) is 37.6 Å². The SMILES string of the molecule is CCOc1ccc(/C(O)=C2/C(=O)C(=O)N(CCCn3ccnc3)C2c2ccccc2OC)cc1Cl. The molecule has 1 N–H and O–H groups in total. The predicted molar refractivity (Wildman–Crippen MR) is 131 cm³/mol. The molecule has 3 aromatic rings. The molecular formula is C26H26ClN3O5. The Balaban J connectivity index is 1.77. The molecule has 1 saturated heterocycles. The summed E-state index contributed by atoms with van der Waals surface area (Å²) in [4.78, 5) is 31.9. The summed E-state index contributed by atoms with van der Waals surface area (Å²) in [6.45, 7) is 3.19. The highest BCUT2D eigenvalue weighted by Crippen LogP contribution is 2.43. The first-order valence-electron chi connectivity index (χ1n) is 11.3. The summed E-state index contributed by atoms with van der Waals surface area (Å²) >= 11 is 6.32. The number of hydrogen-bond acceptors (Lipinski definition) is 6. The molecule has 0 aliphatic carbocycles. The molecule has 0 bridgehead atoms. The number of hydrogen-bond donors (Lipinski definition) is 1. The third kappa shape index (κ3) is 4.88. The number of aliphatic hydroxyl groups excluding tert-OH is 1. The summed E-state index contributed by atoms with van der Waals surface area (Å²) in [5.41, 5.74) is 0.910. The van der Waals surface area contributed by atoms with E-state index < -0.39 is 17.7 Å². The van der Waals surface area contributed by atoms with Gasteiger partial charge < -0.3 is 24.0 Å². The lowest BCUT2D eigenvalue weighted by Crippen LogP contribution is -2.31. The summed E-state index contributed by atoms with van der Waals surface area (Å²) in [7, 11) is 1.52. The van der Waals surface area contributed by atoms with Gasteiger partial charge in [0.25, 0.3) is 11.7 Å². The number of Topliss-reactive ketones (excluding diaryl/α,β-unsaturated/α-hetero) is 1. The summed E-state index contributed by atoms with van der Waals surface area (Å²) in [5, 5.41) is 11.6. The molecule has 9 heteroatoms. The standard InChI is InChI=1S/C26H26ClN3O5/c1-3-35-21-10-9-17(15-19(21)27)24(31)22-23(18-7-4-5-8-20(18)34-2)30(26(33)25(22)32)13-6-12-29-14-11-28-16-29/h4-5,7-11,14-16,23,31H,3,6,12-13H2,1-2H3/b24-22-. The van der Waals surface area contributed by atoms with Gasteiger partial charge in [0.2, 0.25) is 0 Å². The Morgan fingerprint density at radius 2 is 1.94 bits per heavy atom. The molecule has 35 heavy (non-hydrogen) atoms. The van der Waals surface area contributed by atoms with E-state index in [1.54, 1.807) is 48.9 Å². The van der Waals surface area contributed by atoms with Crippen LogP contribution < -0.4 is 9.47 Å². The number of rotatable bonds is 9. The van der Waals surface area contributed by atoms with Gasteiger partial charge in [0.15, 0.2) is 0 Å². The molecule has 2 heterocycles. The minimum absolute atomic E-state index is 0.0117.